The molecule has 0 saturated carbocycles. The lowest BCUT2D eigenvalue weighted by Gasteiger charge is -2.22. The second-order valence-corrected chi connectivity index (χ2v) is 5.19. The third-order valence-electron chi connectivity index (χ3n) is 2.39. The van der Waals surface area contributed by atoms with E-state index in [0.717, 1.165) is 24.5 Å². The molecule has 15 heavy (non-hydrogen) atoms. The van der Waals surface area contributed by atoms with Crippen LogP contribution in [0.1, 0.15) is 51.7 Å². The van der Waals surface area contributed by atoms with E-state index in [1.165, 1.54) is 0 Å². The van der Waals surface area contributed by atoms with E-state index in [1.54, 1.807) is 0 Å². The molecule has 1 aromatic heterocycles. The van der Waals surface area contributed by atoms with Crippen LogP contribution in [-0.4, -0.2) is 21.7 Å². The second kappa shape index (κ2) is 4.75. The van der Waals surface area contributed by atoms with Crippen LogP contribution in [0.2, 0.25) is 0 Å². The van der Waals surface area contributed by atoms with Crippen molar-refractivity contribution in [3.63, 3.8) is 0 Å². The first-order valence-electron chi connectivity index (χ1n) is 5.57. The standard InChI is InChI=1S/C11H22N4/c1-5-9-13-10(15-14-9)8(7-12)6-11(2,3)4/h8H,5-7,12H2,1-4H3,(H,13,14,15). The first kappa shape index (κ1) is 12.2. The minimum atomic E-state index is 0.261. The largest absolute Gasteiger partial charge is 0.330 e. The minimum Gasteiger partial charge on any atom is -0.330 e. The lowest BCUT2D eigenvalue weighted by atomic mass is 9.84. The lowest BCUT2D eigenvalue weighted by molar-refractivity contribution is 0.336. The van der Waals surface area contributed by atoms with Crippen LogP contribution in [0.3, 0.4) is 0 Å². The van der Waals surface area contributed by atoms with E-state index in [2.05, 4.69) is 42.9 Å². The van der Waals surface area contributed by atoms with E-state index in [-0.39, 0.29) is 11.3 Å². The molecular weight excluding hydrogens is 188 g/mol. The van der Waals surface area contributed by atoms with Crippen LogP contribution in [0, 0.1) is 5.41 Å². The zero-order chi connectivity index (χ0) is 11.5. The number of aryl methyl sites for hydroxylation is 1. The first-order valence-corrected chi connectivity index (χ1v) is 5.57. The Labute approximate surface area is 91.7 Å². The molecule has 0 aliphatic carbocycles. The molecule has 1 heterocycles. The number of aromatic nitrogens is 3. The summed E-state index contributed by atoms with van der Waals surface area (Å²) in [5.74, 6) is 2.07. The van der Waals surface area contributed by atoms with Crippen LogP contribution < -0.4 is 5.73 Å². The fourth-order valence-corrected chi connectivity index (χ4v) is 1.67. The van der Waals surface area contributed by atoms with Gasteiger partial charge >= 0.3 is 0 Å². The molecule has 0 radical (unpaired) electrons. The number of H-pyrrole nitrogens is 1. The molecule has 0 aliphatic heterocycles. The van der Waals surface area contributed by atoms with Crippen LogP contribution in [0.5, 0.6) is 0 Å². The summed E-state index contributed by atoms with van der Waals surface area (Å²) in [6.07, 6.45) is 1.91. The van der Waals surface area contributed by atoms with Gasteiger partial charge in [-0.15, -0.1) is 0 Å². The van der Waals surface area contributed by atoms with Gasteiger partial charge in [-0.3, -0.25) is 5.10 Å². The third kappa shape index (κ3) is 3.63. The van der Waals surface area contributed by atoms with Gasteiger partial charge in [0.25, 0.3) is 0 Å². The van der Waals surface area contributed by atoms with Gasteiger partial charge in [0.1, 0.15) is 5.82 Å². The Morgan fingerprint density at radius 2 is 2.07 bits per heavy atom. The van der Waals surface area contributed by atoms with Gasteiger partial charge in [0.05, 0.1) is 0 Å². The maximum Gasteiger partial charge on any atom is 0.155 e. The van der Waals surface area contributed by atoms with Crippen molar-refractivity contribution in [2.75, 3.05) is 6.54 Å². The van der Waals surface area contributed by atoms with Crippen molar-refractivity contribution < 1.29 is 0 Å². The number of hydrogen-bond acceptors (Lipinski definition) is 3. The molecule has 1 aromatic rings. The number of nitrogens with one attached hydrogen (secondary N) is 1. The van der Waals surface area contributed by atoms with Gasteiger partial charge in [-0.1, -0.05) is 27.7 Å². The Hall–Kier alpha value is -0.900. The second-order valence-electron chi connectivity index (χ2n) is 5.19. The summed E-state index contributed by atoms with van der Waals surface area (Å²) in [5, 5.41) is 7.17. The topological polar surface area (TPSA) is 67.6 Å². The molecule has 1 rings (SSSR count). The fourth-order valence-electron chi connectivity index (χ4n) is 1.67. The Balaban J connectivity index is 2.74. The van der Waals surface area contributed by atoms with Crippen molar-refractivity contribution >= 4 is 0 Å². The van der Waals surface area contributed by atoms with E-state index >= 15 is 0 Å². The first-order chi connectivity index (χ1) is 6.96. The summed E-state index contributed by atoms with van der Waals surface area (Å²) in [6.45, 7) is 9.30. The van der Waals surface area contributed by atoms with Gasteiger partial charge in [0.2, 0.25) is 0 Å². The molecule has 4 heteroatoms. The predicted molar refractivity (Wildman–Crippen MR) is 61.6 cm³/mol. The number of hydrogen-bond donors (Lipinski definition) is 2. The molecule has 0 saturated heterocycles. The molecule has 0 bridgehead atoms. The third-order valence-corrected chi connectivity index (χ3v) is 2.39. The monoisotopic (exact) mass is 210 g/mol. The van der Waals surface area contributed by atoms with Gasteiger partial charge in [0, 0.05) is 18.9 Å². The summed E-state index contributed by atoms with van der Waals surface area (Å²) in [7, 11) is 0. The highest BCUT2D eigenvalue weighted by Crippen LogP contribution is 2.28. The minimum absolute atomic E-state index is 0.261. The SMILES string of the molecule is CCc1nc(C(CN)CC(C)(C)C)n[nH]1. The average molecular weight is 210 g/mol. The molecule has 0 spiro atoms. The molecule has 0 amide bonds. The Kier molecular flexibility index (Phi) is 3.85. The summed E-state index contributed by atoms with van der Waals surface area (Å²) in [6, 6.07) is 0. The zero-order valence-corrected chi connectivity index (χ0v) is 10.2. The van der Waals surface area contributed by atoms with Crippen LogP contribution in [0.25, 0.3) is 0 Å². The number of aromatic amines is 1. The van der Waals surface area contributed by atoms with Crippen molar-refractivity contribution in [1.82, 2.24) is 15.2 Å². The highest BCUT2D eigenvalue weighted by Gasteiger charge is 2.22. The molecule has 0 aromatic carbocycles. The molecule has 3 N–H and O–H groups in total. The van der Waals surface area contributed by atoms with Crippen molar-refractivity contribution in [1.29, 1.82) is 0 Å². The van der Waals surface area contributed by atoms with Crippen molar-refractivity contribution in [2.45, 2.75) is 46.5 Å². The van der Waals surface area contributed by atoms with Crippen molar-refractivity contribution in [3.05, 3.63) is 11.6 Å². The Morgan fingerprint density at radius 1 is 1.40 bits per heavy atom. The lowest BCUT2D eigenvalue weighted by Crippen LogP contribution is -2.20. The van der Waals surface area contributed by atoms with Crippen LogP contribution >= 0.6 is 0 Å². The molecule has 1 unspecified atom stereocenters. The maximum atomic E-state index is 5.77. The van der Waals surface area contributed by atoms with E-state index in [4.69, 9.17) is 5.73 Å². The van der Waals surface area contributed by atoms with Crippen LogP contribution in [-0.2, 0) is 6.42 Å². The van der Waals surface area contributed by atoms with Crippen molar-refractivity contribution in [2.24, 2.45) is 11.1 Å². The Morgan fingerprint density at radius 3 is 2.47 bits per heavy atom. The van der Waals surface area contributed by atoms with E-state index in [9.17, 15) is 0 Å². The summed E-state index contributed by atoms with van der Waals surface area (Å²) >= 11 is 0. The van der Waals surface area contributed by atoms with Gasteiger partial charge in [-0.2, -0.15) is 5.10 Å². The summed E-state index contributed by atoms with van der Waals surface area (Å²) in [5.41, 5.74) is 6.03. The molecule has 1 atom stereocenters. The molecular formula is C11H22N4. The summed E-state index contributed by atoms with van der Waals surface area (Å²) in [4.78, 5) is 4.44. The van der Waals surface area contributed by atoms with Crippen LogP contribution in [0.4, 0.5) is 0 Å². The van der Waals surface area contributed by atoms with Gasteiger partial charge < -0.3 is 5.73 Å². The fraction of sp³-hybridized carbons (Fsp3) is 0.818. The maximum absolute atomic E-state index is 5.77. The molecule has 0 fully saturated rings. The molecule has 4 nitrogen and oxygen atoms in total. The van der Waals surface area contributed by atoms with Crippen molar-refractivity contribution in [3.8, 4) is 0 Å². The molecule has 86 valence electrons. The van der Waals surface area contributed by atoms with Gasteiger partial charge in [0.15, 0.2) is 5.82 Å². The van der Waals surface area contributed by atoms with Gasteiger partial charge in [-0.25, -0.2) is 4.98 Å². The Bertz CT molecular complexity index is 298. The quantitative estimate of drug-likeness (QED) is 0.797. The summed E-state index contributed by atoms with van der Waals surface area (Å²) < 4.78 is 0. The highest BCUT2D eigenvalue weighted by molar-refractivity contribution is 4.99. The zero-order valence-electron chi connectivity index (χ0n) is 10.2. The number of rotatable bonds is 4. The normalized spacial score (nSPS) is 14.2. The highest BCUT2D eigenvalue weighted by atomic mass is 15.2. The van der Waals surface area contributed by atoms with E-state index < -0.39 is 0 Å². The predicted octanol–water partition coefficient (Wildman–Crippen LogP) is 1.85. The van der Waals surface area contributed by atoms with Gasteiger partial charge in [-0.05, 0) is 11.8 Å². The average Bonchev–Trinajstić information content (AvgIpc) is 2.60. The smallest absolute Gasteiger partial charge is 0.155 e. The van der Waals surface area contributed by atoms with Crippen LogP contribution in [0.15, 0.2) is 0 Å². The van der Waals surface area contributed by atoms with E-state index in [1.807, 2.05) is 0 Å². The number of nitrogens with zero attached hydrogens (tertiary/aromatic N) is 2. The molecule has 0 aliphatic rings. The van der Waals surface area contributed by atoms with E-state index in [0.29, 0.717) is 6.54 Å². The number of nitrogens with two attached hydrogens (primary N) is 1.